The van der Waals surface area contributed by atoms with Gasteiger partial charge in [-0.25, -0.2) is 0 Å². The second-order valence-corrected chi connectivity index (χ2v) is 6.04. The van der Waals surface area contributed by atoms with E-state index in [9.17, 15) is 14.7 Å². The topological polar surface area (TPSA) is 62.5 Å². The van der Waals surface area contributed by atoms with E-state index in [0.29, 0.717) is 16.8 Å². The molecule has 5 heteroatoms. The second-order valence-electron chi connectivity index (χ2n) is 6.04. The molecule has 0 aliphatic carbocycles. The van der Waals surface area contributed by atoms with Crippen LogP contribution >= 0.6 is 0 Å². The van der Waals surface area contributed by atoms with Crippen LogP contribution in [0, 0.1) is 0 Å². The molecule has 4 rings (SSSR count). The largest absolute Gasteiger partial charge is 0.481 e. The summed E-state index contributed by atoms with van der Waals surface area (Å²) < 4.78 is 1.92. The van der Waals surface area contributed by atoms with Gasteiger partial charge in [-0.1, -0.05) is 36.4 Å². The number of anilines is 1. The lowest BCUT2D eigenvalue weighted by Crippen LogP contribution is -2.31. The Hall–Kier alpha value is -3.08. The number of carbonyl (C=O) groups excluding carboxylic acids is 1. The van der Waals surface area contributed by atoms with E-state index in [0.717, 1.165) is 10.9 Å². The van der Waals surface area contributed by atoms with E-state index in [4.69, 9.17) is 0 Å². The Balaban J connectivity index is 1.82. The van der Waals surface area contributed by atoms with Gasteiger partial charge in [-0.3, -0.25) is 9.59 Å². The third kappa shape index (κ3) is 2.01. The fourth-order valence-electron chi connectivity index (χ4n) is 3.47. The van der Waals surface area contributed by atoms with Crippen molar-refractivity contribution >= 4 is 28.5 Å². The number of aromatic nitrogens is 1. The molecular formula is C19H16N2O3. The zero-order valence-corrected chi connectivity index (χ0v) is 13.1. The monoisotopic (exact) mass is 320 g/mol. The quantitative estimate of drug-likeness (QED) is 0.789. The predicted octanol–water partition coefficient (Wildman–Crippen LogP) is 3.01. The minimum atomic E-state index is -0.907. The van der Waals surface area contributed by atoms with E-state index in [1.807, 2.05) is 48.1 Å². The predicted molar refractivity (Wildman–Crippen MR) is 91.4 cm³/mol. The van der Waals surface area contributed by atoms with Crippen molar-refractivity contribution in [3.05, 3.63) is 65.9 Å². The first-order chi connectivity index (χ1) is 11.6. The van der Waals surface area contributed by atoms with Gasteiger partial charge >= 0.3 is 5.97 Å². The fraction of sp³-hybridized carbons (Fsp3) is 0.158. The van der Waals surface area contributed by atoms with Crippen LogP contribution in [0.2, 0.25) is 0 Å². The smallest absolute Gasteiger partial charge is 0.312 e. The highest BCUT2D eigenvalue weighted by Crippen LogP contribution is 2.37. The molecule has 1 N–H and O–H groups in total. The Labute approximate surface area is 138 Å². The van der Waals surface area contributed by atoms with Gasteiger partial charge in [0, 0.05) is 36.4 Å². The van der Waals surface area contributed by atoms with Crippen molar-refractivity contribution in [1.82, 2.24) is 4.57 Å². The number of benzene rings is 2. The SMILES string of the molecule is Cn1cc(C(=O)N2C[C@H](C(=O)O)c3ccccc32)c2ccccc21. The standard InChI is InChI=1S/C19H16N2O3/c1-20-10-14(12-6-2-4-8-16(12)20)18(22)21-11-15(19(23)24)13-7-3-5-9-17(13)21/h2-10,15H,11H2,1H3,(H,23,24)/t15-/m0/s1. The summed E-state index contributed by atoms with van der Waals surface area (Å²) in [6.45, 7) is 0.163. The summed E-state index contributed by atoms with van der Waals surface area (Å²) in [6.07, 6.45) is 1.81. The Morgan fingerprint density at radius 1 is 1.08 bits per heavy atom. The summed E-state index contributed by atoms with van der Waals surface area (Å²) in [5, 5.41) is 10.3. The molecule has 1 atom stereocenters. The third-order valence-electron chi connectivity index (χ3n) is 4.64. The van der Waals surface area contributed by atoms with E-state index in [-0.39, 0.29) is 12.5 Å². The molecule has 2 heterocycles. The van der Waals surface area contributed by atoms with E-state index in [1.54, 1.807) is 23.1 Å². The molecule has 1 aromatic heterocycles. The highest BCUT2D eigenvalue weighted by atomic mass is 16.4. The fourth-order valence-corrected chi connectivity index (χ4v) is 3.47. The Morgan fingerprint density at radius 2 is 1.79 bits per heavy atom. The highest BCUT2D eigenvalue weighted by molar-refractivity contribution is 6.15. The number of aliphatic carboxylic acids is 1. The van der Waals surface area contributed by atoms with Gasteiger partial charge < -0.3 is 14.6 Å². The van der Waals surface area contributed by atoms with Crippen LogP contribution < -0.4 is 4.90 Å². The van der Waals surface area contributed by atoms with Gasteiger partial charge in [0.2, 0.25) is 0 Å². The molecule has 120 valence electrons. The van der Waals surface area contributed by atoms with E-state index >= 15 is 0 Å². The van der Waals surface area contributed by atoms with Gasteiger partial charge in [-0.2, -0.15) is 0 Å². The van der Waals surface area contributed by atoms with Crippen LogP contribution in [-0.2, 0) is 11.8 Å². The zero-order chi connectivity index (χ0) is 16.8. The van der Waals surface area contributed by atoms with Crippen LogP contribution in [0.25, 0.3) is 10.9 Å². The first kappa shape index (κ1) is 14.5. The molecule has 0 bridgehead atoms. The number of para-hydroxylation sites is 2. The molecule has 1 aliphatic heterocycles. The highest BCUT2D eigenvalue weighted by Gasteiger charge is 2.37. The number of rotatable bonds is 2. The van der Waals surface area contributed by atoms with Crippen LogP contribution in [0.3, 0.4) is 0 Å². The summed E-state index contributed by atoms with van der Waals surface area (Å²) in [7, 11) is 1.90. The number of carboxylic acids is 1. The molecule has 0 fully saturated rings. The molecule has 0 radical (unpaired) electrons. The van der Waals surface area contributed by atoms with E-state index in [2.05, 4.69) is 0 Å². The Kier molecular flexibility index (Phi) is 3.16. The molecule has 0 spiro atoms. The molecule has 0 saturated carbocycles. The van der Waals surface area contributed by atoms with Crippen molar-refractivity contribution in [3.8, 4) is 0 Å². The maximum atomic E-state index is 13.1. The normalized spacial score (nSPS) is 16.4. The van der Waals surface area contributed by atoms with E-state index in [1.165, 1.54) is 0 Å². The van der Waals surface area contributed by atoms with Crippen molar-refractivity contribution in [1.29, 1.82) is 0 Å². The number of hydrogen-bond donors (Lipinski definition) is 1. The van der Waals surface area contributed by atoms with Gasteiger partial charge in [0.15, 0.2) is 0 Å². The van der Waals surface area contributed by atoms with Crippen LogP contribution in [-0.4, -0.2) is 28.1 Å². The number of nitrogens with zero attached hydrogens (tertiary/aromatic N) is 2. The maximum absolute atomic E-state index is 13.1. The van der Waals surface area contributed by atoms with Crippen molar-refractivity contribution < 1.29 is 14.7 Å². The lowest BCUT2D eigenvalue weighted by atomic mass is 10.0. The number of amides is 1. The summed E-state index contributed by atoms with van der Waals surface area (Å²) in [5.74, 6) is -1.75. The molecule has 3 aromatic rings. The number of hydrogen-bond acceptors (Lipinski definition) is 2. The molecular weight excluding hydrogens is 304 g/mol. The third-order valence-corrected chi connectivity index (χ3v) is 4.64. The van der Waals surface area contributed by atoms with Gasteiger partial charge in [-0.15, -0.1) is 0 Å². The van der Waals surface area contributed by atoms with Crippen molar-refractivity contribution in [2.45, 2.75) is 5.92 Å². The minimum absolute atomic E-state index is 0.163. The second kappa shape index (κ2) is 5.23. The number of aryl methyl sites for hydroxylation is 1. The molecule has 0 saturated heterocycles. The van der Waals surface area contributed by atoms with Gasteiger partial charge in [-0.05, 0) is 17.7 Å². The van der Waals surface area contributed by atoms with Crippen LogP contribution in [0.15, 0.2) is 54.7 Å². The molecule has 2 aromatic carbocycles. The lowest BCUT2D eigenvalue weighted by Gasteiger charge is -2.17. The van der Waals surface area contributed by atoms with Gasteiger partial charge in [0.05, 0.1) is 5.56 Å². The average molecular weight is 320 g/mol. The van der Waals surface area contributed by atoms with Crippen molar-refractivity contribution in [2.75, 3.05) is 11.4 Å². The molecule has 5 nitrogen and oxygen atoms in total. The van der Waals surface area contributed by atoms with Crippen LogP contribution in [0.4, 0.5) is 5.69 Å². The number of carboxylic acid groups (broad SMARTS) is 1. The zero-order valence-electron chi connectivity index (χ0n) is 13.1. The van der Waals surface area contributed by atoms with Gasteiger partial charge in [0.1, 0.15) is 5.92 Å². The minimum Gasteiger partial charge on any atom is -0.481 e. The van der Waals surface area contributed by atoms with Crippen LogP contribution in [0.1, 0.15) is 21.8 Å². The summed E-state index contributed by atoms with van der Waals surface area (Å²) in [6, 6.07) is 14.9. The van der Waals surface area contributed by atoms with Gasteiger partial charge in [0.25, 0.3) is 5.91 Å². The van der Waals surface area contributed by atoms with Crippen molar-refractivity contribution in [2.24, 2.45) is 7.05 Å². The lowest BCUT2D eigenvalue weighted by molar-refractivity contribution is -0.138. The van der Waals surface area contributed by atoms with Crippen LogP contribution in [0.5, 0.6) is 0 Å². The van der Waals surface area contributed by atoms with E-state index < -0.39 is 11.9 Å². The molecule has 1 aliphatic rings. The summed E-state index contributed by atoms with van der Waals surface area (Å²) in [5.41, 5.74) is 2.94. The number of fused-ring (bicyclic) bond motifs is 2. The molecule has 24 heavy (non-hydrogen) atoms. The summed E-state index contributed by atoms with van der Waals surface area (Å²) in [4.78, 5) is 26.2. The number of carbonyl (C=O) groups is 2. The maximum Gasteiger partial charge on any atom is 0.312 e. The average Bonchev–Trinajstić information content (AvgIpc) is 3.14. The molecule has 0 unspecified atom stereocenters. The first-order valence-electron chi connectivity index (χ1n) is 7.75. The van der Waals surface area contributed by atoms with Crippen molar-refractivity contribution in [3.63, 3.8) is 0 Å². The summed E-state index contributed by atoms with van der Waals surface area (Å²) >= 11 is 0. The molecule has 1 amide bonds. The first-order valence-corrected chi connectivity index (χ1v) is 7.75. The Bertz CT molecular complexity index is 974. The Morgan fingerprint density at radius 3 is 2.58 bits per heavy atom.